The van der Waals surface area contributed by atoms with Crippen molar-refractivity contribution < 1.29 is 9.59 Å². The predicted molar refractivity (Wildman–Crippen MR) is 61.4 cm³/mol. The van der Waals surface area contributed by atoms with Crippen molar-refractivity contribution in [1.29, 1.82) is 0 Å². The van der Waals surface area contributed by atoms with Gasteiger partial charge in [-0.3, -0.25) is 9.59 Å². The first-order valence-corrected chi connectivity index (χ1v) is 6.21. The molecule has 0 bridgehead atoms. The molecule has 0 spiro atoms. The maximum Gasteiger partial charge on any atom is 0.255 e. The molecule has 0 aromatic heterocycles. The smallest absolute Gasteiger partial charge is 0.255 e. The van der Waals surface area contributed by atoms with Crippen molar-refractivity contribution in [2.75, 3.05) is 6.54 Å². The van der Waals surface area contributed by atoms with E-state index >= 15 is 0 Å². The first-order chi connectivity index (χ1) is 7.77. The van der Waals surface area contributed by atoms with E-state index in [1.807, 2.05) is 18.2 Å². The Balaban J connectivity index is 2.11. The molecule has 0 N–H and O–H groups in total. The number of thioether (sulfide) groups is 1. The standard InChI is InChI=1S/C12H11NO2S/c14-11-8-4-1-2-6-10(8)16-12(15)9-5-3-7-13(9)11/h1-2,4,6,9H,3,5,7H2/t9-/m1/s1. The van der Waals surface area contributed by atoms with E-state index in [-0.39, 0.29) is 17.1 Å². The van der Waals surface area contributed by atoms with E-state index in [2.05, 4.69) is 0 Å². The molecule has 1 saturated heterocycles. The van der Waals surface area contributed by atoms with Crippen molar-refractivity contribution >= 4 is 22.8 Å². The third-order valence-electron chi connectivity index (χ3n) is 3.11. The average molecular weight is 233 g/mol. The lowest BCUT2D eigenvalue weighted by Crippen LogP contribution is -2.37. The van der Waals surface area contributed by atoms with Crippen LogP contribution in [-0.2, 0) is 4.79 Å². The van der Waals surface area contributed by atoms with Gasteiger partial charge in [-0.05, 0) is 36.7 Å². The van der Waals surface area contributed by atoms with Crippen molar-refractivity contribution in [3.8, 4) is 0 Å². The van der Waals surface area contributed by atoms with Crippen LogP contribution in [0.4, 0.5) is 0 Å². The molecule has 3 rings (SSSR count). The Hall–Kier alpha value is -1.29. The van der Waals surface area contributed by atoms with Crippen LogP contribution in [0.2, 0.25) is 0 Å². The van der Waals surface area contributed by atoms with Crippen LogP contribution < -0.4 is 0 Å². The number of hydrogen-bond acceptors (Lipinski definition) is 3. The van der Waals surface area contributed by atoms with Crippen LogP contribution in [0, 0.1) is 0 Å². The molecule has 0 aliphatic carbocycles. The van der Waals surface area contributed by atoms with Crippen molar-refractivity contribution in [3.05, 3.63) is 29.8 Å². The Morgan fingerprint density at radius 1 is 1.25 bits per heavy atom. The fourth-order valence-corrected chi connectivity index (χ4v) is 3.33. The SMILES string of the molecule is O=C1Sc2ccccc2C(=O)N2CCC[C@H]12. The molecule has 0 unspecified atom stereocenters. The third kappa shape index (κ3) is 1.37. The number of rotatable bonds is 0. The zero-order chi connectivity index (χ0) is 11.1. The summed E-state index contributed by atoms with van der Waals surface area (Å²) in [4.78, 5) is 26.7. The van der Waals surface area contributed by atoms with Gasteiger partial charge in [0.05, 0.1) is 5.56 Å². The molecule has 4 heteroatoms. The Morgan fingerprint density at radius 3 is 2.94 bits per heavy atom. The molecule has 1 fully saturated rings. The molecule has 1 aromatic carbocycles. The van der Waals surface area contributed by atoms with Crippen LogP contribution >= 0.6 is 11.8 Å². The first kappa shape index (κ1) is 9.90. The van der Waals surface area contributed by atoms with Gasteiger partial charge in [-0.15, -0.1) is 0 Å². The molecule has 2 aliphatic rings. The van der Waals surface area contributed by atoms with Gasteiger partial charge in [0.2, 0.25) is 5.12 Å². The summed E-state index contributed by atoms with van der Waals surface area (Å²) in [6, 6.07) is 7.15. The molecule has 3 nitrogen and oxygen atoms in total. The highest BCUT2D eigenvalue weighted by molar-refractivity contribution is 8.13. The Kier molecular flexibility index (Phi) is 2.24. The van der Waals surface area contributed by atoms with Crippen molar-refractivity contribution in [2.45, 2.75) is 23.8 Å². The van der Waals surface area contributed by atoms with Gasteiger partial charge in [0.15, 0.2) is 0 Å². The minimum atomic E-state index is -0.204. The summed E-state index contributed by atoms with van der Waals surface area (Å²) >= 11 is 1.21. The largest absolute Gasteiger partial charge is 0.328 e. The summed E-state index contributed by atoms with van der Waals surface area (Å²) in [7, 11) is 0. The van der Waals surface area contributed by atoms with Gasteiger partial charge < -0.3 is 4.90 Å². The van der Waals surface area contributed by atoms with Gasteiger partial charge in [0, 0.05) is 11.4 Å². The minimum Gasteiger partial charge on any atom is -0.328 e. The summed E-state index contributed by atoms with van der Waals surface area (Å²) in [5.74, 6) is 0.0106. The van der Waals surface area contributed by atoms with Crippen LogP contribution in [0.1, 0.15) is 23.2 Å². The lowest BCUT2D eigenvalue weighted by molar-refractivity contribution is -0.114. The molecular weight excluding hydrogens is 222 g/mol. The number of nitrogens with zero attached hydrogens (tertiary/aromatic N) is 1. The topological polar surface area (TPSA) is 37.4 Å². The van der Waals surface area contributed by atoms with E-state index in [1.165, 1.54) is 11.8 Å². The van der Waals surface area contributed by atoms with Gasteiger partial charge in [-0.2, -0.15) is 0 Å². The highest BCUT2D eigenvalue weighted by Gasteiger charge is 2.38. The van der Waals surface area contributed by atoms with E-state index in [0.29, 0.717) is 12.1 Å². The number of amides is 1. The summed E-state index contributed by atoms with van der Waals surface area (Å²) < 4.78 is 0. The monoisotopic (exact) mass is 233 g/mol. The quantitative estimate of drug-likeness (QED) is 0.687. The highest BCUT2D eigenvalue weighted by Crippen LogP contribution is 2.34. The Morgan fingerprint density at radius 2 is 2.06 bits per heavy atom. The summed E-state index contributed by atoms with van der Waals surface area (Å²) in [6.45, 7) is 0.712. The summed E-state index contributed by atoms with van der Waals surface area (Å²) in [5.41, 5.74) is 0.672. The van der Waals surface area contributed by atoms with Gasteiger partial charge in [-0.1, -0.05) is 12.1 Å². The molecule has 2 heterocycles. The second-order valence-electron chi connectivity index (χ2n) is 4.07. The Labute approximate surface area is 97.8 Å². The zero-order valence-corrected chi connectivity index (χ0v) is 9.50. The lowest BCUT2D eigenvalue weighted by Gasteiger charge is -2.20. The highest BCUT2D eigenvalue weighted by atomic mass is 32.2. The Bertz CT molecular complexity index is 472. The summed E-state index contributed by atoms with van der Waals surface area (Å²) in [6.07, 6.45) is 1.75. The van der Waals surface area contributed by atoms with E-state index in [9.17, 15) is 9.59 Å². The molecule has 16 heavy (non-hydrogen) atoms. The molecular formula is C12H11NO2S. The van der Waals surface area contributed by atoms with Gasteiger partial charge in [0.1, 0.15) is 6.04 Å². The van der Waals surface area contributed by atoms with Crippen molar-refractivity contribution in [3.63, 3.8) is 0 Å². The molecule has 0 radical (unpaired) electrons. The van der Waals surface area contributed by atoms with E-state index in [4.69, 9.17) is 0 Å². The minimum absolute atomic E-state index is 0.0106. The molecule has 1 aromatic rings. The number of hydrogen-bond donors (Lipinski definition) is 0. The van der Waals surface area contributed by atoms with Crippen LogP contribution in [0.5, 0.6) is 0 Å². The van der Waals surface area contributed by atoms with Crippen molar-refractivity contribution in [1.82, 2.24) is 4.90 Å². The second-order valence-corrected chi connectivity index (χ2v) is 5.12. The van der Waals surface area contributed by atoms with E-state index < -0.39 is 0 Å². The molecule has 2 aliphatic heterocycles. The van der Waals surface area contributed by atoms with Crippen LogP contribution in [0.3, 0.4) is 0 Å². The molecule has 1 amide bonds. The summed E-state index contributed by atoms with van der Waals surface area (Å²) in [5, 5.41) is 0.107. The number of carbonyl (C=O) groups is 2. The van der Waals surface area contributed by atoms with E-state index in [0.717, 1.165) is 17.7 Å². The van der Waals surface area contributed by atoms with Gasteiger partial charge in [0.25, 0.3) is 5.91 Å². The van der Waals surface area contributed by atoms with Gasteiger partial charge >= 0.3 is 0 Å². The lowest BCUT2D eigenvalue weighted by atomic mass is 10.2. The van der Waals surface area contributed by atoms with Crippen LogP contribution in [0.15, 0.2) is 29.2 Å². The van der Waals surface area contributed by atoms with Crippen LogP contribution in [0.25, 0.3) is 0 Å². The second kappa shape index (κ2) is 3.63. The molecule has 0 saturated carbocycles. The average Bonchev–Trinajstić information content (AvgIpc) is 2.74. The first-order valence-electron chi connectivity index (χ1n) is 5.39. The fraction of sp³-hybridized carbons (Fsp3) is 0.333. The predicted octanol–water partition coefficient (Wildman–Crippen LogP) is 1.92. The zero-order valence-electron chi connectivity index (χ0n) is 8.68. The number of fused-ring (bicyclic) bond motifs is 2. The number of benzene rings is 1. The normalized spacial score (nSPS) is 24.0. The molecule has 82 valence electrons. The van der Waals surface area contributed by atoms with Crippen molar-refractivity contribution in [2.24, 2.45) is 0 Å². The number of carbonyl (C=O) groups excluding carboxylic acids is 2. The third-order valence-corrected chi connectivity index (χ3v) is 4.16. The van der Waals surface area contributed by atoms with Gasteiger partial charge in [-0.25, -0.2) is 0 Å². The maximum absolute atomic E-state index is 12.2. The van der Waals surface area contributed by atoms with E-state index in [1.54, 1.807) is 11.0 Å². The fourth-order valence-electron chi connectivity index (χ4n) is 2.32. The molecule has 1 atom stereocenters. The maximum atomic E-state index is 12.2. The van der Waals surface area contributed by atoms with Crippen LogP contribution in [-0.4, -0.2) is 28.5 Å².